The molecule has 0 saturated carbocycles. The van der Waals surface area contributed by atoms with Gasteiger partial charge in [0.05, 0.1) is 13.7 Å². The standard InChI is InChI=1S/C14H21BrO2/c1-4-14(2,11-15)9-10-17-13-7-5-12(16-3)6-8-13/h5-8H,4,9-11H2,1-3H3. The molecule has 0 saturated heterocycles. The van der Waals surface area contributed by atoms with Gasteiger partial charge in [0.1, 0.15) is 11.5 Å². The minimum absolute atomic E-state index is 0.326. The molecule has 0 N–H and O–H groups in total. The van der Waals surface area contributed by atoms with Crippen molar-refractivity contribution in [3.05, 3.63) is 24.3 Å². The molecule has 0 bridgehead atoms. The van der Waals surface area contributed by atoms with Gasteiger partial charge < -0.3 is 9.47 Å². The third-order valence-electron chi connectivity index (χ3n) is 3.21. The van der Waals surface area contributed by atoms with Gasteiger partial charge in [-0.3, -0.25) is 0 Å². The van der Waals surface area contributed by atoms with Crippen LogP contribution in [0.4, 0.5) is 0 Å². The predicted octanol–water partition coefficient (Wildman–Crippen LogP) is 4.28. The third kappa shape index (κ3) is 4.58. The summed E-state index contributed by atoms with van der Waals surface area (Å²) in [6, 6.07) is 7.71. The molecule has 17 heavy (non-hydrogen) atoms. The van der Waals surface area contributed by atoms with E-state index in [1.165, 1.54) is 0 Å². The number of hydrogen-bond acceptors (Lipinski definition) is 2. The van der Waals surface area contributed by atoms with Crippen LogP contribution in [0.2, 0.25) is 0 Å². The van der Waals surface area contributed by atoms with Crippen LogP contribution in [0.5, 0.6) is 11.5 Å². The van der Waals surface area contributed by atoms with Crippen LogP contribution in [0.15, 0.2) is 24.3 Å². The van der Waals surface area contributed by atoms with Crippen LogP contribution in [0.25, 0.3) is 0 Å². The number of benzene rings is 1. The SMILES string of the molecule is CCC(C)(CBr)CCOc1ccc(OC)cc1. The van der Waals surface area contributed by atoms with Gasteiger partial charge in [0.2, 0.25) is 0 Å². The van der Waals surface area contributed by atoms with Gasteiger partial charge in [-0.25, -0.2) is 0 Å². The predicted molar refractivity (Wildman–Crippen MR) is 75.3 cm³/mol. The Bertz CT molecular complexity index is 317. The van der Waals surface area contributed by atoms with Crippen LogP contribution >= 0.6 is 15.9 Å². The van der Waals surface area contributed by atoms with Gasteiger partial charge in [-0.2, -0.15) is 0 Å². The van der Waals surface area contributed by atoms with Crippen molar-refractivity contribution in [2.75, 3.05) is 19.0 Å². The van der Waals surface area contributed by atoms with Gasteiger partial charge in [-0.05, 0) is 42.5 Å². The second-order valence-electron chi connectivity index (χ2n) is 4.57. The average molecular weight is 301 g/mol. The van der Waals surface area contributed by atoms with Crippen LogP contribution in [0.1, 0.15) is 26.7 Å². The quantitative estimate of drug-likeness (QED) is 0.700. The lowest BCUT2D eigenvalue weighted by atomic mass is 9.87. The highest BCUT2D eigenvalue weighted by atomic mass is 79.9. The first kappa shape index (κ1) is 14.4. The monoisotopic (exact) mass is 300 g/mol. The molecule has 1 aromatic rings. The Morgan fingerprint density at radius 1 is 1.18 bits per heavy atom. The minimum atomic E-state index is 0.326. The summed E-state index contributed by atoms with van der Waals surface area (Å²) in [5.74, 6) is 1.76. The van der Waals surface area contributed by atoms with E-state index in [-0.39, 0.29) is 0 Å². The van der Waals surface area contributed by atoms with E-state index >= 15 is 0 Å². The zero-order valence-electron chi connectivity index (χ0n) is 10.8. The topological polar surface area (TPSA) is 18.5 Å². The van der Waals surface area contributed by atoms with Crippen molar-refractivity contribution in [1.29, 1.82) is 0 Å². The molecule has 96 valence electrons. The van der Waals surface area contributed by atoms with E-state index in [0.29, 0.717) is 5.41 Å². The van der Waals surface area contributed by atoms with E-state index in [0.717, 1.165) is 36.3 Å². The Balaban J connectivity index is 2.40. The summed E-state index contributed by atoms with van der Waals surface area (Å²) in [5.41, 5.74) is 0.326. The molecule has 1 rings (SSSR count). The molecule has 0 aliphatic rings. The molecule has 0 aliphatic heterocycles. The molecular weight excluding hydrogens is 280 g/mol. The third-order valence-corrected chi connectivity index (χ3v) is 4.56. The van der Waals surface area contributed by atoms with Crippen LogP contribution < -0.4 is 9.47 Å². The smallest absolute Gasteiger partial charge is 0.119 e. The fourth-order valence-electron chi connectivity index (χ4n) is 1.43. The van der Waals surface area contributed by atoms with Gasteiger partial charge in [0.15, 0.2) is 0 Å². The van der Waals surface area contributed by atoms with Gasteiger partial charge in [0.25, 0.3) is 0 Å². The molecular formula is C14H21BrO2. The molecule has 0 aliphatic carbocycles. The second-order valence-corrected chi connectivity index (χ2v) is 5.13. The highest BCUT2D eigenvalue weighted by molar-refractivity contribution is 9.09. The van der Waals surface area contributed by atoms with Crippen molar-refractivity contribution in [2.24, 2.45) is 5.41 Å². The summed E-state index contributed by atoms with van der Waals surface area (Å²) in [6.07, 6.45) is 2.21. The molecule has 2 nitrogen and oxygen atoms in total. The second kappa shape index (κ2) is 6.90. The molecule has 0 spiro atoms. The highest BCUT2D eigenvalue weighted by Crippen LogP contribution is 2.28. The zero-order chi connectivity index (χ0) is 12.7. The van der Waals surface area contributed by atoms with Gasteiger partial charge in [-0.1, -0.05) is 29.8 Å². The lowest BCUT2D eigenvalue weighted by Crippen LogP contribution is -2.20. The number of ether oxygens (including phenoxy) is 2. The lowest BCUT2D eigenvalue weighted by molar-refractivity contribution is 0.228. The van der Waals surface area contributed by atoms with Crippen molar-refractivity contribution in [3.63, 3.8) is 0 Å². The summed E-state index contributed by atoms with van der Waals surface area (Å²) >= 11 is 3.57. The first-order chi connectivity index (χ1) is 8.13. The molecule has 0 aromatic heterocycles. The van der Waals surface area contributed by atoms with Crippen LogP contribution in [0, 0.1) is 5.41 Å². The van der Waals surface area contributed by atoms with Crippen molar-refractivity contribution in [2.45, 2.75) is 26.7 Å². The van der Waals surface area contributed by atoms with Crippen molar-refractivity contribution in [1.82, 2.24) is 0 Å². The molecule has 1 aromatic carbocycles. The van der Waals surface area contributed by atoms with E-state index in [1.54, 1.807) is 7.11 Å². The van der Waals surface area contributed by atoms with Crippen LogP contribution in [-0.4, -0.2) is 19.0 Å². The molecule has 1 unspecified atom stereocenters. The summed E-state index contributed by atoms with van der Waals surface area (Å²) < 4.78 is 10.8. The fourth-order valence-corrected chi connectivity index (χ4v) is 2.10. The van der Waals surface area contributed by atoms with E-state index in [1.807, 2.05) is 24.3 Å². The minimum Gasteiger partial charge on any atom is -0.497 e. The Morgan fingerprint density at radius 2 is 1.76 bits per heavy atom. The number of hydrogen-bond donors (Lipinski definition) is 0. The normalized spacial score (nSPS) is 14.1. The highest BCUT2D eigenvalue weighted by Gasteiger charge is 2.20. The first-order valence-corrected chi connectivity index (χ1v) is 7.08. The van der Waals surface area contributed by atoms with Crippen molar-refractivity contribution >= 4 is 15.9 Å². The number of halogens is 1. The maximum absolute atomic E-state index is 5.73. The number of alkyl halides is 1. The molecule has 0 fully saturated rings. The zero-order valence-corrected chi connectivity index (χ0v) is 12.4. The fraction of sp³-hybridized carbons (Fsp3) is 0.571. The van der Waals surface area contributed by atoms with E-state index < -0.39 is 0 Å². The van der Waals surface area contributed by atoms with E-state index in [4.69, 9.17) is 9.47 Å². The van der Waals surface area contributed by atoms with Gasteiger partial charge >= 0.3 is 0 Å². The first-order valence-electron chi connectivity index (χ1n) is 5.96. The van der Waals surface area contributed by atoms with Crippen molar-refractivity contribution < 1.29 is 9.47 Å². The summed E-state index contributed by atoms with van der Waals surface area (Å²) in [5, 5.41) is 1.02. The van der Waals surface area contributed by atoms with E-state index in [2.05, 4.69) is 29.8 Å². The van der Waals surface area contributed by atoms with E-state index in [9.17, 15) is 0 Å². The molecule has 0 radical (unpaired) electrons. The molecule has 0 heterocycles. The summed E-state index contributed by atoms with van der Waals surface area (Å²) in [4.78, 5) is 0. The average Bonchev–Trinajstić information content (AvgIpc) is 2.39. The summed E-state index contributed by atoms with van der Waals surface area (Å²) in [7, 11) is 1.67. The largest absolute Gasteiger partial charge is 0.497 e. The molecule has 0 amide bonds. The van der Waals surface area contributed by atoms with Gasteiger partial charge in [-0.15, -0.1) is 0 Å². The lowest BCUT2D eigenvalue weighted by Gasteiger charge is -2.25. The van der Waals surface area contributed by atoms with Crippen molar-refractivity contribution in [3.8, 4) is 11.5 Å². The Labute approximate surface area is 112 Å². The molecule has 1 atom stereocenters. The van der Waals surface area contributed by atoms with Crippen LogP contribution in [0.3, 0.4) is 0 Å². The Kier molecular flexibility index (Phi) is 5.83. The van der Waals surface area contributed by atoms with Gasteiger partial charge in [0, 0.05) is 5.33 Å². The van der Waals surface area contributed by atoms with Crippen LogP contribution in [-0.2, 0) is 0 Å². The maximum Gasteiger partial charge on any atom is 0.119 e. The summed E-state index contributed by atoms with van der Waals surface area (Å²) in [6.45, 7) is 5.25. The Morgan fingerprint density at radius 3 is 2.24 bits per heavy atom. The molecule has 3 heteroatoms. The number of rotatable bonds is 7. The maximum atomic E-state index is 5.73. The number of methoxy groups -OCH3 is 1. The Hall–Kier alpha value is -0.700.